The van der Waals surface area contributed by atoms with Crippen molar-refractivity contribution in [1.29, 1.82) is 0 Å². The fourth-order valence-corrected chi connectivity index (χ4v) is 3.19. The molecule has 0 bridgehead atoms. The molecule has 2 N–H and O–H groups in total. The Kier molecular flexibility index (Phi) is 4.74. The third-order valence-electron chi connectivity index (χ3n) is 3.61. The number of aryl methyl sites for hydroxylation is 1. The number of aromatic nitrogens is 1. The predicted molar refractivity (Wildman–Crippen MR) is 74.7 cm³/mol. The lowest BCUT2D eigenvalue weighted by atomic mass is 9.97. The highest BCUT2D eigenvalue weighted by Crippen LogP contribution is 2.24. The molecule has 0 amide bonds. The van der Waals surface area contributed by atoms with Crippen LogP contribution >= 0.6 is 0 Å². The highest BCUT2D eigenvalue weighted by molar-refractivity contribution is 7.89. The second kappa shape index (κ2) is 6.17. The number of hydrogen-bond acceptors (Lipinski definition) is 5. The number of hydrogen-bond donors (Lipinski definition) is 2. The molecular formula is C13H20N2O4S. The van der Waals surface area contributed by atoms with Crippen LogP contribution in [0.15, 0.2) is 24.4 Å². The van der Waals surface area contributed by atoms with Crippen LogP contribution in [0.2, 0.25) is 0 Å². The van der Waals surface area contributed by atoms with Gasteiger partial charge in [0.25, 0.3) is 0 Å². The fraction of sp³-hybridized carbons (Fsp3) is 0.615. The molecule has 1 aromatic heterocycles. The first-order valence-electron chi connectivity index (χ1n) is 6.62. The monoisotopic (exact) mass is 300 g/mol. The van der Waals surface area contributed by atoms with Gasteiger partial charge in [0, 0.05) is 37.9 Å². The Morgan fingerprint density at radius 3 is 2.95 bits per heavy atom. The third-order valence-corrected chi connectivity index (χ3v) is 4.94. The maximum atomic E-state index is 11.9. The smallest absolute Gasteiger partial charge is 0.212 e. The number of rotatable bonds is 6. The van der Waals surface area contributed by atoms with E-state index in [1.807, 2.05) is 6.07 Å². The molecule has 2 atom stereocenters. The molecule has 7 heteroatoms. The summed E-state index contributed by atoms with van der Waals surface area (Å²) in [5, 5.41) is 10.2. The van der Waals surface area contributed by atoms with E-state index in [0.717, 1.165) is 5.69 Å². The van der Waals surface area contributed by atoms with Crippen LogP contribution in [0.4, 0.5) is 0 Å². The van der Waals surface area contributed by atoms with E-state index in [4.69, 9.17) is 4.74 Å². The quantitative estimate of drug-likeness (QED) is 0.777. The van der Waals surface area contributed by atoms with Gasteiger partial charge < -0.3 is 9.84 Å². The minimum atomic E-state index is -3.43. The third kappa shape index (κ3) is 3.99. The highest BCUT2D eigenvalue weighted by Gasteiger charge is 2.40. The van der Waals surface area contributed by atoms with Gasteiger partial charge in [-0.05, 0) is 19.1 Å². The average Bonchev–Trinajstić information content (AvgIpc) is 2.77. The summed E-state index contributed by atoms with van der Waals surface area (Å²) in [7, 11) is -3.43. The molecule has 2 unspecified atom stereocenters. The van der Waals surface area contributed by atoms with E-state index >= 15 is 0 Å². The van der Waals surface area contributed by atoms with Crippen molar-refractivity contribution in [2.75, 3.05) is 18.9 Å². The normalized spacial score (nSPS) is 26.8. The molecule has 1 aromatic rings. The zero-order valence-corrected chi connectivity index (χ0v) is 12.3. The lowest BCUT2D eigenvalue weighted by Crippen LogP contribution is -2.48. The molecule has 0 aromatic carbocycles. The minimum Gasteiger partial charge on any atom is -0.386 e. The fourth-order valence-electron chi connectivity index (χ4n) is 2.09. The number of ether oxygens (including phenoxy) is 1. The van der Waals surface area contributed by atoms with Crippen LogP contribution < -0.4 is 4.72 Å². The van der Waals surface area contributed by atoms with Gasteiger partial charge in [-0.1, -0.05) is 6.07 Å². The summed E-state index contributed by atoms with van der Waals surface area (Å²) in [6, 6.07) is 5.39. The first-order chi connectivity index (χ1) is 9.41. The van der Waals surface area contributed by atoms with Crippen LogP contribution in [0.25, 0.3) is 0 Å². The minimum absolute atomic E-state index is 0.0152. The maximum Gasteiger partial charge on any atom is 0.212 e. The van der Waals surface area contributed by atoms with E-state index in [1.165, 1.54) is 0 Å². The number of pyridine rings is 1. The Morgan fingerprint density at radius 1 is 1.55 bits per heavy atom. The van der Waals surface area contributed by atoms with E-state index in [1.54, 1.807) is 25.3 Å². The Labute approximate surface area is 119 Å². The summed E-state index contributed by atoms with van der Waals surface area (Å²) >= 11 is 0. The van der Waals surface area contributed by atoms with Gasteiger partial charge in [0.05, 0.1) is 11.9 Å². The van der Waals surface area contributed by atoms with Crippen LogP contribution in [0.1, 0.15) is 19.0 Å². The first-order valence-corrected chi connectivity index (χ1v) is 8.28. The molecule has 0 aliphatic carbocycles. The molecule has 112 valence electrons. The zero-order chi connectivity index (χ0) is 14.6. The summed E-state index contributed by atoms with van der Waals surface area (Å²) in [5.41, 5.74) is -0.382. The second-order valence-electron chi connectivity index (χ2n) is 5.08. The molecule has 1 aliphatic rings. The Morgan fingerprint density at radius 2 is 2.35 bits per heavy atom. The standard InChI is InChI=1S/C13H20N2O4S/c1-11-13(16,6-8-19-11)10-15-20(17,18)9-5-12-4-2-3-7-14-12/h2-4,7,11,15-16H,5-6,8-10H2,1H3. The van der Waals surface area contributed by atoms with E-state index < -0.39 is 15.6 Å². The van der Waals surface area contributed by atoms with Crippen molar-refractivity contribution in [3.8, 4) is 0 Å². The molecule has 2 heterocycles. The SMILES string of the molecule is CC1OCCC1(O)CNS(=O)(=O)CCc1ccccn1. The number of aliphatic hydroxyl groups is 1. The zero-order valence-electron chi connectivity index (χ0n) is 11.4. The number of nitrogens with one attached hydrogen (secondary N) is 1. The van der Waals surface area contributed by atoms with Gasteiger partial charge in [0.15, 0.2) is 0 Å². The topological polar surface area (TPSA) is 88.5 Å². The molecule has 20 heavy (non-hydrogen) atoms. The van der Waals surface area contributed by atoms with Gasteiger partial charge in [-0.2, -0.15) is 0 Å². The Balaban J connectivity index is 1.85. The van der Waals surface area contributed by atoms with Gasteiger partial charge in [0.2, 0.25) is 10.0 Å². The second-order valence-corrected chi connectivity index (χ2v) is 7.00. The molecule has 6 nitrogen and oxygen atoms in total. The molecule has 1 aliphatic heterocycles. The van der Waals surface area contributed by atoms with Crippen LogP contribution in [0.5, 0.6) is 0 Å². The average molecular weight is 300 g/mol. The summed E-state index contributed by atoms with van der Waals surface area (Å²) in [6.45, 7) is 2.18. The largest absolute Gasteiger partial charge is 0.386 e. The lowest BCUT2D eigenvalue weighted by molar-refractivity contribution is -0.0228. The van der Waals surface area contributed by atoms with Crippen LogP contribution in [-0.2, 0) is 21.2 Å². The van der Waals surface area contributed by atoms with Crippen molar-refractivity contribution in [3.63, 3.8) is 0 Å². The predicted octanol–water partition coefficient (Wildman–Crippen LogP) is 0.0834. The Bertz CT molecular complexity index is 535. The van der Waals surface area contributed by atoms with Crippen LogP contribution in [-0.4, -0.2) is 49.1 Å². The number of nitrogens with zero attached hydrogens (tertiary/aromatic N) is 1. The van der Waals surface area contributed by atoms with Gasteiger partial charge in [-0.25, -0.2) is 13.1 Å². The van der Waals surface area contributed by atoms with Crippen molar-refractivity contribution in [1.82, 2.24) is 9.71 Å². The van der Waals surface area contributed by atoms with Gasteiger partial charge in [0.1, 0.15) is 5.60 Å². The van der Waals surface area contributed by atoms with Crippen LogP contribution in [0, 0.1) is 0 Å². The van der Waals surface area contributed by atoms with Gasteiger partial charge in [-0.3, -0.25) is 4.98 Å². The van der Waals surface area contributed by atoms with Gasteiger partial charge in [-0.15, -0.1) is 0 Å². The molecule has 0 spiro atoms. The van der Waals surface area contributed by atoms with Gasteiger partial charge >= 0.3 is 0 Å². The molecular weight excluding hydrogens is 280 g/mol. The van der Waals surface area contributed by atoms with E-state index in [9.17, 15) is 13.5 Å². The van der Waals surface area contributed by atoms with Crippen molar-refractivity contribution in [2.24, 2.45) is 0 Å². The molecule has 1 fully saturated rings. The summed E-state index contributed by atoms with van der Waals surface area (Å²) in [6.07, 6.45) is 2.06. The highest BCUT2D eigenvalue weighted by atomic mass is 32.2. The summed E-state index contributed by atoms with van der Waals surface area (Å²) < 4.78 is 31.6. The van der Waals surface area contributed by atoms with Crippen LogP contribution in [0.3, 0.4) is 0 Å². The summed E-state index contributed by atoms with van der Waals surface area (Å²) in [4.78, 5) is 4.08. The molecule has 1 saturated heterocycles. The molecule has 2 rings (SSSR count). The van der Waals surface area contributed by atoms with E-state index in [-0.39, 0.29) is 18.4 Å². The number of sulfonamides is 1. The lowest BCUT2D eigenvalue weighted by Gasteiger charge is -2.26. The van der Waals surface area contributed by atoms with Crippen molar-refractivity contribution < 1.29 is 18.3 Å². The molecule has 0 radical (unpaired) electrons. The van der Waals surface area contributed by atoms with Crippen molar-refractivity contribution in [2.45, 2.75) is 31.5 Å². The van der Waals surface area contributed by atoms with E-state index in [2.05, 4.69) is 9.71 Å². The Hall–Kier alpha value is -1.02. The van der Waals surface area contributed by atoms with Crippen molar-refractivity contribution >= 4 is 10.0 Å². The molecule has 0 saturated carbocycles. The van der Waals surface area contributed by atoms with E-state index in [0.29, 0.717) is 19.4 Å². The first kappa shape index (κ1) is 15.4. The van der Waals surface area contributed by atoms with Crippen molar-refractivity contribution in [3.05, 3.63) is 30.1 Å². The maximum absolute atomic E-state index is 11.9. The summed E-state index contributed by atoms with van der Waals surface area (Å²) in [5.74, 6) is -0.0463.